The zero-order chi connectivity index (χ0) is 15.9. The molecule has 0 N–H and O–H groups in total. The molecule has 0 unspecified atom stereocenters. The van der Waals surface area contributed by atoms with E-state index in [9.17, 15) is 0 Å². The molecule has 0 heterocycles. The molecule has 0 fully saturated rings. The average molecular weight is 292 g/mol. The Balaban J connectivity index is 0.000000847. The second-order valence-corrected chi connectivity index (χ2v) is 4.44. The zero-order valence-electron chi connectivity index (χ0n) is 13.0. The van der Waals surface area contributed by atoms with Crippen molar-refractivity contribution in [3.8, 4) is 11.5 Å². The minimum atomic E-state index is 0.783. The van der Waals surface area contributed by atoms with Gasteiger partial charge in [-0.2, -0.15) is 0 Å². The van der Waals surface area contributed by atoms with E-state index in [1.807, 2.05) is 50.2 Å². The molecule has 0 aliphatic heterocycles. The molecule has 0 atom stereocenters. The number of benzene rings is 3. The van der Waals surface area contributed by atoms with E-state index < -0.39 is 0 Å². The molecule has 112 valence electrons. The van der Waals surface area contributed by atoms with Gasteiger partial charge in [-0.15, -0.1) is 0 Å². The van der Waals surface area contributed by atoms with Gasteiger partial charge in [0.15, 0.2) is 0 Å². The van der Waals surface area contributed by atoms with Gasteiger partial charge in [-0.05, 0) is 57.9 Å². The number of fused-ring (bicyclic) bond motifs is 2. The molecule has 0 aliphatic carbocycles. The number of hydrogen-bond donors (Lipinski definition) is 0. The third-order valence-corrected chi connectivity index (χ3v) is 3.18. The lowest BCUT2D eigenvalue weighted by atomic mass is 10.0. The van der Waals surface area contributed by atoms with Crippen molar-refractivity contribution in [1.82, 2.24) is 0 Å². The van der Waals surface area contributed by atoms with Gasteiger partial charge in [-0.25, -0.2) is 0 Å². The standard InChI is InChI=1S/C18H14O2.C2H6/c1-3-19-17-7-5-13-9-14-6-8-18(20-4-2)12-16(14)10-15(13)11-17;1-2/h3-12H,1-2H2;1-2H3. The molecular weight excluding hydrogens is 272 g/mol. The van der Waals surface area contributed by atoms with Gasteiger partial charge in [0.2, 0.25) is 0 Å². The Labute approximate surface area is 131 Å². The minimum absolute atomic E-state index is 0.783. The van der Waals surface area contributed by atoms with Crippen molar-refractivity contribution >= 4 is 21.5 Å². The monoisotopic (exact) mass is 292 g/mol. The van der Waals surface area contributed by atoms with Crippen molar-refractivity contribution in [3.63, 3.8) is 0 Å². The summed E-state index contributed by atoms with van der Waals surface area (Å²) < 4.78 is 10.6. The zero-order valence-corrected chi connectivity index (χ0v) is 13.0. The Kier molecular flexibility index (Phi) is 5.21. The lowest BCUT2D eigenvalue weighted by Crippen LogP contribution is -1.83. The summed E-state index contributed by atoms with van der Waals surface area (Å²) in [5.41, 5.74) is 0. The Morgan fingerprint density at radius 2 is 1.05 bits per heavy atom. The predicted octanol–water partition coefficient (Wildman–Crippen LogP) is 6.06. The van der Waals surface area contributed by atoms with E-state index in [1.165, 1.54) is 23.3 Å². The third kappa shape index (κ3) is 3.29. The topological polar surface area (TPSA) is 18.5 Å². The molecule has 22 heavy (non-hydrogen) atoms. The lowest BCUT2D eigenvalue weighted by Gasteiger charge is -2.06. The molecule has 3 aromatic carbocycles. The van der Waals surface area contributed by atoms with Crippen LogP contribution in [0.1, 0.15) is 13.8 Å². The largest absolute Gasteiger partial charge is 0.466 e. The van der Waals surface area contributed by atoms with Crippen LogP contribution in [0.2, 0.25) is 0 Å². The van der Waals surface area contributed by atoms with E-state index in [4.69, 9.17) is 9.47 Å². The average Bonchev–Trinajstić information content (AvgIpc) is 2.55. The Morgan fingerprint density at radius 1 is 0.636 bits per heavy atom. The quantitative estimate of drug-likeness (QED) is 0.429. The summed E-state index contributed by atoms with van der Waals surface area (Å²) in [6, 6.07) is 16.2. The van der Waals surface area contributed by atoms with Crippen LogP contribution in [0.5, 0.6) is 11.5 Å². The van der Waals surface area contributed by atoms with Crippen molar-refractivity contribution in [2.75, 3.05) is 0 Å². The van der Waals surface area contributed by atoms with Crippen LogP contribution < -0.4 is 9.47 Å². The molecule has 0 saturated heterocycles. The lowest BCUT2D eigenvalue weighted by molar-refractivity contribution is 0.484. The summed E-state index contributed by atoms with van der Waals surface area (Å²) >= 11 is 0. The first-order chi connectivity index (χ1) is 10.8. The fraction of sp³-hybridized carbons (Fsp3) is 0.100. The fourth-order valence-corrected chi connectivity index (χ4v) is 2.29. The van der Waals surface area contributed by atoms with Crippen molar-refractivity contribution in [1.29, 1.82) is 0 Å². The minimum Gasteiger partial charge on any atom is -0.466 e. The summed E-state index contributed by atoms with van der Waals surface area (Å²) in [4.78, 5) is 0. The van der Waals surface area contributed by atoms with Crippen LogP contribution in [-0.2, 0) is 0 Å². The Bertz CT molecular complexity index is 738. The maximum atomic E-state index is 5.31. The molecule has 2 heteroatoms. The van der Waals surface area contributed by atoms with Gasteiger partial charge >= 0.3 is 0 Å². The second-order valence-electron chi connectivity index (χ2n) is 4.44. The molecule has 0 aliphatic rings. The molecule has 0 spiro atoms. The van der Waals surface area contributed by atoms with Crippen LogP contribution >= 0.6 is 0 Å². The Morgan fingerprint density at radius 3 is 1.45 bits per heavy atom. The second kappa shape index (κ2) is 7.32. The highest BCUT2D eigenvalue weighted by Crippen LogP contribution is 2.28. The van der Waals surface area contributed by atoms with Gasteiger partial charge in [0.25, 0.3) is 0 Å². The number of rotatable bonds is 4. The van der Waals surface area contributed by atoms with Crippen LogP contribution in [0.15, 0.2) is 74.2 Å². The third-order valence-electron chi connectivity index (χ3n) is 3.18. The molecule has 3 aromatic rings. The van der Waals surface area contributed by atoms with Crippen LogP contribution in [-0.4, -0.2) is 0 Å². The number of ether oxygens (including phenoxy) is 2. The SMILES string of the molecule is C=COc1ccc2cc3ccc(OC=C)cc3cc2c1.CC. The molecule has 0 aromatic heterocycles. The highest BCUT2D eigenvalue weighted by molar-refractivity contribution is 5.99. The summed E-state index contributed by atoms with van der Waals surface area (Å²) in [6.07, 6.45) is 2.86. The van der Waals surface area contributed by atoms with E-state index in [0.29, 0.717) is 0 Å². The molecule has 0 amide bonds. The maximum Gasteiger partial charge on any atom is 0.127 e. The van der Waals surface area contributed by atoms with Crippen LogP contribution in [0.3, 0.4) is 0 Å². The van der Waals surface area contributed by atoms with E-state index in [0.717, 1.165) is 22.3 Å². The van der Waals surface area contributed by atoms with Crippen molar-refractivity contribution < 1.29 is 9.47 Å². The van der Waals surface area contributed by atoms with Crippen LogP contribution in [0, 0.1) is 0 Å². The highest BCUT2D eigenvalue weighted by Gasteiger charge is 2.02. The van der Waals surface area contributed by atoms with Crippen LogP contribution in [0.25, 0.3) is 21.5 Å². The van der Waals surface area contributed by atoms with E-state index in [2.05, 4.69) is 25.3 Å². The van der Waals surface area contributed by atoms with Gasteiger partial charge in [-0.1, -0.05) is 39.1 Å². The first kappa shape index (κ1) is 15.6. The Hall–Kier alpha value is -2.74. The van der Waals surface area contributed by atoms with E-state index in [-0.39, 0.29) is 0 Å². The van der Waals surface area contributed by atoms with Crippen molar-refractivity contribution in [2.45, 2.75) is 13.8 Å². The number of hydrogen-bond acceptors (Lipinski definition) is 2. The molecule has 0 radical (unpaired) electrons. The molecule has 0 bridgehead atoms. The predicted molar refractivity (Wildman–Crippen MR) is 94.5 cm³/mol. The molecule has 0 saturated carbocycles. The van der Waals surface area contributed by atoms with E-state index >= 15 is 0 Å². The summed E-state index contributed by atoms with van der Waals surface area (Å²) in [5, 5.41) is 4.58. The summed E-state index contributed by atoms with van der Waals surface area (Å²) in [6.45, 7) is 11.1. The summed E-state index contributed by atoms with van der Waals surface area (Å²) in [7, 11) is 0. The van der Waals surface area contributed by atoms with Crippen molar-refractivity contribution in [2.24, 2.45) is 0 Å². The molecule has 2 nitrogen and oxygen atoms in total. The van der Waals surface area contributed by atoms with Gasteiger partial charge in [0.05, 0.1) is 12.5 Å². The van der Waals surface area contributed by atoms with Gasteiger partial charge in [0.1, 0.15) is 11.5 Å². The molecule has 3 rings (SSSR count). The van der Waals surface area contributed by atoms with Gasteiger partial charge in [-0.3, -0.25) is 0 Å². The summed E-state index contributed by atoms with van der Waals surface area (Å²) in [5.74, 6) is 1.57. The normalized spacial score (nSPS) is 9.73. The van der Waals surface area contributed by atoms with Crippen molar-refractivity contribution in [3.05, 3.63) is 74.2 Å². The van der Waals surface area contributed by atoms with Crippen LogP contribution in [0.4, 0.5) is 0 Å². The maximum absolute atomic E-state index is 5.31. The van der Waals surface area contributed by atoms with Gasteiger partial charge < -0.3 is 9.47 Å². The highest BCUT2D eigenvalue weighted by atomic mass is 16.5. The first-order valence-electron chi connectivity index (χ1n) is 7.33. The fourth-order valence-electron chi connectivity index (χ4n) is 2.29. The molecular formula is C20H20O2. The van der Waals surface area contributed by atoms with E-state index in [1.54, 1.807) is 0 Å². The smallest absolute Gasteiger partial charge is 0.127 e. The first-order valence-corrected chi connectivity index (χ1v) is 7.33. The van der Waals surface area contributed by atoms with Gasteiger partial charge in [0, 0.05) is 0 Å².